The third kappa shape index (κ3) is 27.2. The van der Waals surface area contributed by atoms with Gasteiger partial charge in [0.15, 0.2) is 23.8 Å². The number of methoxy groups -OCH3 is 2. The number of carbonyl (C=O) groups is 13. The van der Waals surface area contributed by atoms with Gasteiger partial charge in [-0.1, -0.05) is 118 Å². The van der Waals surface area contributed by atoms with Crippen LogP contribution in [0.15, 0.2) is 66.7 Å². The summed E-state index contributed by atoms with van der Waals surface area (Å²) in [4.78, 5) is 181. The molecule has 4 heterocycles. The van der Waals surface area contributed by atoms with Gasteiger partial charge in [0.1, 0.15) is 42.7 Å². The van der Waals surface area contributed by atoms with Crippen molar-refractivity contribution in [2.45, 2.75) is 256 Å². The van der Waals surface area contributed by atoms with Crippen LogP contribution in [0.5, 0.6) is 0 Å². The number of rotatable bonds is 48. The third-order valence-corrected chi connectivity index (χ3v) is 22.6. The van der Waals surface area contributed by atoms with Gasteiger partial charge in [0.05, 0.1) is 54.8 Å². The molecule has 4 aliphatic heterocycles. The van der Waals surface area contributed by atoms with E-state index in [4.69, 9.17) is 24.7 Å². The van der Waals surface area contributed by atoms with Gasteiger partial charge in [-0.2, -0.15) is 0 Å². The molecule has 2 aromatic rings. The molecule has 116 heavy (non-hydrogen) atoms. The van der Waals surface area contributed by atoms with E-state index in [1.54, 1.807) is 61.9 Å². The Morgan fingerprint density at radius 2 is 1.24 bits per heavy atom. The minimum atomic E-state index is -1.85. The van der Waals surface area contributed by atoms with Gasteiger partial charge in [-0.3, -0.25) is 67.3 Å². The zero-order valence-electron chi connectivity index (χ0n) is 69.8. The highest BCUT2D eigenvalue weighted by Gasteiger charge is 2.51. The Kier molecular flexibility index (Phi) is 38.5. The maximum Gasteiger partial charge on any atom is 0.312 e. The number of aryl methyl sites for hydroxylation is 1. The van der Waals surface area contributed by atoms with Gasteiger partial charge in [0.2, 0.25) is 35.4 Å². The van der Waals surface area contributed by atoms with E-state index in [0.717, 1.165) is 16.0 Å². The highest BCUT2D eigenvalue weighted by atomic mass is 16.6. The molecule has 19 atom stereocenters. The van der Waals surface area contributed by atoms with Crippen molar-refractivity contribution >= 4 is 82.4 Å². The molecule has 0 aliphatic carbocycles. The Bertz CT molecular complexity index is 3630. The molecule has 0 bridgehead atoms. The van der Waals surface area contributed by atoms with Crippen LogP contribution in [0.1, 0.15) is 157 Å². The molecule has 0 spiro atoms. The van der Waals surface area contributed by atoms with E-state index in [-0.39, 0.29) is 99.4 Å². The number of amides is 12. The van der Waals surface area contributed by atoms with Gasteiger partial charge in [0, 0.05) is 97.0 Å². The topological polar surface area (TPSA) is 463 Å². The molecule has 0 saturated carbocycles. The predicted molar refractivity (Wildman–Crippen MR) is 429 cm³/mol. The summed E-state index contributed by atoms with van der Waals surface area (Å²) in [7, 11) is 8.38. The Morgan fingerprint density at radius 1 is 0.629 bits per heavy atom. The van der Waals surface area contributed by atoms with E-state index in [1.165, 1.54) is 26.4 Å². The number of urea groups is 1. The standard InChI is InChI=1S/C83H128N12O21/c1-15-49(8)69(93(12)82(111)67(47(4)5)91-79(108)68(48(6)7)92(10)11)59(113-13)43-65(101)94-40-24-29-56(94)74(114-14)50(9)77(106)89-55(41-52-25-18-16-19-26-52)57(96)30-22-27-51-32-34-54(35-33-51)88-78(107)53(28-23-38-85-83(84)112)42-58(97)66(46(2)3)90-81(110)76-73(105)71(103)61(116-76)45-87-80(109)75-72(104)70(102)60(115-75)44-86-62(98)31-20-17-21-39-95-63(99)36-37-64(95)100/h16,18-19,25-26,32-37,46-50,53,55-56,59-61,66-76,102-105H,15,17,20-24,27-31,38-45H2,1-14H3,(H,86,98)(H,87,109)(H,88,107)(H,89,106)(H,90,110)(H,91,108)(H3,84,85,112)/t49-,50+,53-,55-,56-,59+,60+,61+,66?,67?,68-,69-,70+,71+,72+,73+,74+,75?,76-/m0/s1. The number of carbonyl (C=O) groups excluding carboxylic acids is 13. The molecule has 13 N–H and O–H groups in total. The minimum absolute atomic E-state index is 0.0178. The fourth-order valence-electron chi connectivity index (χ4n) is 15.8. The van der Waals surface area contributed by atoms with E-state index < -0.39 is 181 Å². The van der Waals surface area contributed by atoms with Crippen molar-refractivity contribution in [3.05, 3.63) is 77.9 Å². The maximum absolute atomic E-state index is 14.7. The number of aliphatic hydroxyl groups is 4. The fraction of sp³-hybridized carbons (Fsp3) is 0.675. The third-order valence-electron chi connectivity index (χ3n) is 22.6. The first-order valence-electron chi connectivity index (χ1n) is 40.8. The lowest BCUT2D eigenvalue weighted by molar-refractivity contribution is -0.148. The minimum Gasteiger partial charge on any atom is -0.388 e. The van der Waals surface area contributed by atoms with Crippen LogP contribution in [0, 0.1) is 35.5 Å². The number of imide groups is 1. The molecule has 3 unspecified atom stereocenters. The van der Waals surface area contributed by atoms with Gasteiger partial charge < -0.3 is 92.1 Å². The van der Waals surface area contributed by atoms with Crippen molar-refractivity contribution < 1.29 is 102 Å². The van der Waals surface area contributed by atoms with Gasteiger partial charge >= 0.3 is 6.03 Å². The molecule has 6 rings (SSSR count). The quantitative estimate of drug-likeness (QED) is 0.0332. The lowest BCUT2D eigenvalue weighted by Gasteiger charge is -2.41. The van der Waals surface area contributed by atoms with Crippen molar-refractivity contribution in [3.63, 3.8) is 0 Å². The molecule has 0 radical (unpaired) electrons. The number of nitrogens with zero attached hydrogens (tertiary/aromatic N) is 4. The summed E-state index contributed by atoms with van der Waals surface area (Å²) in [6.45, 7) is 16.6. The number of unbranched alkanes of at least 4 members (excludes halogenated alkanes) is 2. The summed E-state index contributed by atoms with van der Waals surface area (Å²) >= 11 is 0. The molecule has 33 nitrogen and oxygen atoms in total. The summed E-state index contributed by atoms with van der Waals surface area (Å²) in [5.41, 5.74) is 7.33. The van der Waals surface area contributed by atoms with Crippen molar-refractivity contribution in [3.8, 4) is 0 Å². The molecule has 0 aromatic heterocycles. The van der Waals surface area contributed by atoms with Crippen LogP contribution in [-0.4, -0.2) is 282 Å². The first-order valence-corrected chi connectivity index (χ1v) is 40.8. The molecule has 3 fully saturated rings. The van der Waals surface area contributed by atoms with Crippen molar-refractivity contribution in [1.82, 2.24) is 51.5 Å². The van der Waals surface area contributed by atoms with Crippen LogP contribution < -0.4 is 43.0 Å². The number of benzene rings is 2. The number of ketones is 2. The number of nitrogens with two attached hydrogens (primary N) is 1. The van der Waals surface area contributed by atoms with Gasteiger partial charge in [-0.25, -0.2) is 4.79 Å². The van der Waals surface area contributed by atoms with Gasteiger partial charge in [0.25, 0.3) is 23.6 Å². The smallest absolute Gasteiger partial charge is 0.312 e. The van der Waals surface area contributed by atoms with Crippen LogP contribution in [0.3, 0.4) is 0 Å². The largest absolute Gasteiger partial charge is 0.388 e. The number of primary amides is 1. The summed E-state index contributed by atoms with van der Waals surface area (Å²) in [6.07, 6.45) is -7.71. The highest BCUT2D eigenvalue weighted by molar-refractivity contribution is 6.13. The Morgan fingerprint density at radius 3 is 1.81 bits per heavy atom. The van der Waals surface area contributed by atoms with E-state index in [2.05, 4.69) is 37.2 Å². The second-order valence-corrected chi connectivity index (χ2v) is 32.4. The number of nitrogens with one attached hydrogen (secondary N) is 7. The summed E-state index contributed by atoms with van der Waals surface area (Å²) in [5.74, 6) is -8.49. The van der Waals surface area contributed by atoms with Crippen LogP contribution in [-0.2, 0) is 89.3 Å². The zero-order valence-corrected chi connectivity index (χ0v) is 69.8. The van der Waals surface area contributed by atoms with E-state index in [9.17, 15) is 82.8 Å². The molecule has 12 amide bonds. The second-order valence-electron chi connectivity index (χ2n) is 32.4. The fourth-order valence-corrected chi connectivity index (χ4v) is 15.8. The van der Waals surface area contributed by atoms with E-state index >= 15 is 0 Å². The molecular weight excluding hydrogens is 1500 g/mol. The Hall–Kier alpha value is -8.67. The Labute approximate surface area is 681 Å². The average Bonchev–Trinajstić information content (AvgIpc) is 1.58. The van der Waals surface area contributed by atoms with Crippen LogP contribution >= 0.6 is 0 Å². The van der Waals surface area contributed by atoms with E-state index in [1.807, 2.05) is 90.9 Å². The number of anilines is 1. The maximum atomic E-state index is 14.7. The number of likely N-dealkylation sites (tertiary alicyclic amines) is 1. The second kappa shape index (κ2) is 46.5. The van der Waals surface area contributed by atoms with Crippen LogP contribution in [0.2, 0.25) is 0 Å². The average molecular weight is 1630 g/mol. The predicted octanol–water partition coefficient (Wildman–Crippen LogP) is 1.75. The molecular formula is C83H128N12O21. The number of ether oxygens (including phenoxy) is 4. The van der Waals surface area contributed by atoms with Crippen molar-refractivity contribution in [2.75, 3.05) is 73.4 Å². The zero-order chi connectivity index (χ0) is 85.9. The van der Waals surface area contributed by atoms with Gasteiger partial charge in [-0.15, -0.1) is 0 Å². The van der Waals surface area contributed by atoms with Crippen molar-refractivity contribution in [1.29, 1.82) is 0 Å². The van der Waals surface area contributed by atoms with E-state index in [0.29, 0.717) is 63.6 Å². The monoisotopic (exact) mass is 1630 g/mol. The molecule has 3 saturated heterocycles. The Balaban J connectivity index is 1.01. The first kappa shape index (κ1) is 96.2. The number of likely N-dealkylation sites (N-methyl/N-ethyl adjacent to an activating group) is 2. The molecule has 646 valence electrons. The molecule has 2 aromatic carbocycles. The number of hydrogen-bond donors (Lipinski definition) is 12. The summed E-state index contributed by atoms with van der Waals surface area (Å²) < 4.78 is 23.6. The lowest BCUT2D eigenvalue weighted by atomic mass is 9.89. The first-order chi connectivity index (χ1) is 54.9. The van der Waals surface area contributed by atoms with Crippen molar-refractivity contribution in [2.24, 2.45) is 41.2 Å². The molecule has 4 aliphatic rings. The summed E-state index contributed by atoms with van der Waals surface area (Å²) in [6, 6.07) is 10.9. The van der Waals surface area contributed by atoms with Gasteiger partial charge in [-0.05, 0) is 119 Å². The van der Waals surface area contributed by atoms with Crippen LogP contribution in [0.4, 0.5) is 10.5 Å². The lowest BCUT2D eigenvalue weighted by Crippen LogP contribution is -2.59. The number of Topliss-reactive ketones (excluding diaryl/α,β-unsaturated/α-hetero) is 2. The highest BCUT2D eigenvalue weighted by Crippen LogP contribution is 2.32. The molecule has 33 heteroatoms. The number of aliphatic hydroxyl groups excluding tert-OH is 4. The normalized spacial score (nSPS) is 22.6. The summed E-state index contributed by atoms with van der Waals surface area (Å²) in [5, 5.41) is 62.5. The number of hydrogen-bond acceptors (Lipinski definition) is 22. The van der Waals surface area contributed by atoms with Crippen LogP contribution in [0.25, 0.3) is 0 Å². The SMILES string of the molecule is CC[C@H](C)[C@@H]([C@@H](CC(=O)N1CCC[C@H]1[C@H](OC)[C@@H](C)C(=O)N[C@@H](Cc1ccccc1)C(=O)CCCc1ccc(NC(=O)[C@@H](CCCNC(N)=O)CC(=O)C(NC(=O)[C@H]2O[C@H](CNC(=O)C3O[C@H](CNC(=O)CCCCCN4C(=O)C=CC4=O)[C@@H](O)[C@H]3O)[C@@H](O)[C@H]2O)C(C)C)cc1)OC)N(C)C(=O)C(NC(=O)[C@H](C(C)C)N(C)C)C(C)C.